The average molecular weight is 257 g/mol. The van der Waals surface area contributed by atoms with Crippen LogP contribution in [0.2, 0.25) is 0 Å². The van der Waals surface area contributed by atoms with Crippen LogP contribution in [-0.2, 0) is 0 Å². The van der Waals surface area contributed by atoms with Crippen molar-refractivity contribution >= 4 is 17.4 Å². The van der Waals surface area contributed by atoms with Gasteiger partial charge in [0, 0.05) is 12.4 Å². The van der Waals surface area contributed by atoms with Gasteiger partial charge in [0.1, 0.15) is 5.82 Å². The van der Waals surface area contributed by atoms with Crippen molar-refractivity contribution in [3.05, 3.63) is 47.9 Å². The second-order valence-corrected chi connectivity index (χ2v) is 4.17. The summed E-state index contributed by atoms with van der Waals surface area (Å²) >= 11 is 0. The molecule has 0 bridgehead atoms. The van der Waals surface area contributed by atoms with Gasteiger partial charge in [-0.05, 0) is 30.7 Å². The summed E-state index contributed by atoms with van der Waals surface area (Å²) in [5.74, 6) is -0.0215. The molecule has 2 aromatic rings. The molecule has 0 radical (unpaired) electrons. The van der Waals surface area contributed by atoms with Gasteiger partial charge in [-0.3, -0.25) is 9.78 Å². The van der Waals surface area contributed by atoms with Crippen LogP contribution in [0, 0.1) is 0 Å². The maximum atomic E-state index is 11.2. The summed E-state index contributed by atoms with van der Waals surface area (Å²) in [7, 11) is 0. The maximum absolute atomic E-state index is 11.2. The third-order valence-corrected chi connectivity index (χ3v) is 2.77. The van der Waals surface area contributed by atoms with E-state index < -0.39 is 5.91 Å². The predicted molar refractivity (Wildman–Crippen MR) is 73.4 cm³/mol. The third kappa shape index (κ3) is 2.98. The summed E-state index contributed by atoms with van der Waals surface area (Å²) in [5, 5.41) is 3.18. The van der Waals surface area contributed by atoms with Gasteiger partial charge in [-0.1, -0.05) is 0 Å². The maximum Gasteiger partial charge on any atom is 0.250 e. The summed E-state index contributed by atoms with van der Waals surface area (Å²) in [5.41, 5.74) is 12.5. The van der Waals surface area contributed by atoms with Gasteiger partial charge in [-0.25, -0.2) is 4.98 Å². The SMILES string of the molecule is CC(Nc1cc(C(N)=O)c(N)cn1)c1ccncc1. The Morgan fingerprint density at radius 2 is 2.05 bits per heavy atom. The van der Waals surface area contributed by atoms with Crippen molar-refractivity contribution in [2.24, 2.45) is 5.73 Å². The molecule has 0 aliphatic heterocycles. The molecule has 0 saturated carbocycles. The fourth-order valence-corrected chi connectivity index (χ4v) is 1.72. The van der Waals surface area contributed by atoms with Gasteiger partial charge >= 0.3 is 0 Å². The lowest BCUT2D eigenvalue weighted by atomic mass is 10.1. The summed E-state index contributed by atoms with van der Waals surface area (Å²) < 4.78 is 0. The molecule has 0 fully saturated rings. The van der Waals surface area contributed by atoms with Gasteiger partial charge in [-0.15, -0.1) is 0 Å². The first kappa shape index (κ1) is 12.8. The lowest BCUT2D eigenvalue weighted by Crippen LogP contribution is -2.15. The first-order valence-corrected chi connectivity index (χ1v) is 5.79. The molecule has 0 aliphatic rings. The van der Waals surface area contributed by atoms with Crippen molar-refractivity contribution < 1.29 is 4.79 Å². The van der Waals surface area contributed by atoms with Crippen molar-refractivity contribution in [3.63, 3.8) is 0 Å². The number of nitrogens with zero attached hydrogens (tertiary/aromatic N) is 2. The van der Waals surface area contributed by atoms with E-state index >= 15 is 0 Å². The standard InChI is InChI=1S/C13H15N5O/c1-8(9-2-4-16-5-3-9)18-12-6-10(13(15)19)11(14)7-17-12/h2-8H,14H2,1H3,(H2,15,19)(H,17,18). The second-order valence-electron chi connectivity index (χ2n) is 4.17. The summed E-state index contributed by atoms with van der Waals surface area (Å²) in [6.07, 6.45) is 4.86. The number of anilines is 2. The van der Waals surface area contributed by atoms with Crippen LogP contribution in [0.1, 0.15) is 28.9 Å². The van der Waals surface area contributed by atoms with E-state index in [1.54, 1.807) is 18.5 Å². The first-order chi connectivity index (χ1) is 9.08. The minimum Gasteiger partial charge on any atom is -0.397 e. The smallest absolute Gasteiger partial charge is 0.250 e. The van der Waals surface area contributed by atoms with Gasteiger partial charge in [0.2, 0.25) is 0 Å². The summed E-state index contributed by atoms with van der Waals surface area (Å²) in [6.45, 7) is 1.98. The van der Waals surface area contributed by atoms with E-state index in [1.165, 1.54) is 6.20 Å². The molecule has 0 spiro atoms. The number of rotatable bonds is 4. The van der Waals surface area contributed by atoms with Crippen molar-refractivity contribution in [2.45, 2.75) is 13.0 Å². The van der Waals surface area contributed by atoms with Crippen LogP contribution in [0.25, 0.3) is 0 Å². The molecule has 2 aromatic heterocycles. The highest BCUT2D eigenvalue weighted by Gasteiger charge is 2.10. The number of primary amides is 1. The van der Waals surface area contributed by atoms with Crippen LogP contribution in [0.15, 0.2) is 36.8 Å². The van der Waals surface area contributed by atoms with Crippen molar-refractivity contribution in [1.29, 1.82) is 0 Å². The minimum atomic E-state index is -0.570. The second kappa shape index (κ2) is 5.34. The van der Waals surface area contributed by atoms with E-state index in [2.05, 4.69) is 15.3 Å². The van der Waals surface area contributed by atoms with Crippen LogP contribution >= 0.6 is 0 Å². The van der Waals surface area contributed by atoms with Crippen LogP contribution in [0.3, 0.4) is 0 Å². The highest BCUT2D eigenvalue weighted by atomic mass is 16.1. The predicted octanol–water partition coefficient (Wildman–Crippen LogP) is 1.33. The molecule has 1 amide bonds. The van der Waals surface area contributed by atoms with Crippen LogP contribution in [0.4, 0.5) is 11.5 Å². The van der Waals surface area contributed by atoms with Crippen molar-refractivity contribution in [1.82, 2.24) is 9.97 Å². The Kier molecular flexibility index (Phi) is 3.61. The van der Waals surface area contributed by atoms with Crippen LogP contribution in [-0.4, -0.2) is 15.9 Å². The minimum absolute atomic E-state index is 0.0276. The Morgan fingerprint density at radius 3 is 2.68 bits per heavy atom. The normalized spacial score (nSPS) is 11.8. The zero-order valence-electron chi connectivity index (χ0n) is 10.5. The number of aromatic nitrogens is 2. The molecular weight excluding hydrogens is 242 g/mol. The van der Waals surface area contributed by atoms with E-state index in [9.17, 15) is 4.79 Å². The first-order valence-electron chi connectivity index (χ1n) is 5.79. The highest BCUT2D eigenvalue weighted by molar-refractivity contribution is 5.98. The lowest BCUT2D eigenvalue weighted by Gasteiger charge is -2.15. The average Bonchev–Trinajstić information content (AvgIpc) is 2.41. The Bertz CT molecular complexity index is 585. The van der Waals surface area contributed by atoms with Gasteiger partial charge in [0.15, 0.2) is 0 Å². The monoisotopic (exact) mass is 257 g/mol. The molecule has 6 nitrogen and oxygen atoms in total. The number of nitrogens with two attached hydrogens (primary N) is 2. The molecular formula is C13H15N5O. The molecule has 5 N–H and O–H groups in total. The van der Waals surface area contributed by atoms with Gasteiger partial charge < -0.3 is 16.8 Å². The molecule has 0 saturated heterocycles. The number of hydrogen-bond acceptors (Lipinski definition) is 5. The number of nitrogens with one attached hydrogen (secondary N) is 1. The van der Waals surface area contributed by atoms with E-state index in [0.717, 1.165) is 5.56 Å². The Hall–Kier alpha value is -2.63. The molecule has 1 atom stereocenters. The molecule has 1 unspecified atom stereocenters. The molecule has 19 heavy (non-hydrogen) atoms. The Morgan fingerprint density at radius 1 is 1.37 bits per heavy atom. The zero-order chi connectivity index (χ0) is 13.8. The van der Waals surface area contributed by atoms with Gasteiger partial charge in [-0.2, -0.15) is 0 Å². The fraction of sp³-hybridized carbons (Fsp3) is 0.154. The van der Waals surface area contributed by atoms with Gasteiger partial charge in [0.05, 0.1) is 23.5 Å². The van der Waals surface area contributed by atoms with E-state index in [4.69, 9.17) is 11.5 Å². The zero-order valence-corrected chi connectivity index (χ0v) is 10.5. The topological polar surface area (TPSA) is 107 Å². The van der Waals surface area contributed by atoms with Gasteiger partial charge in [0.25, 0.3) is 5.91 Å². The molecule has 98 valence electrons. The number of carbonyl (C=O) groups is 1. The van der Waals surface area contributed by atoms with Crippen molar-refractivity contribution in [3.8, 4) is 0 Å². The summed E-state index contributed by atoms with van der Waals surface area (Å²) in [6, 6.07) is 5.39. The number of amides is 1. The third-order valence-electron chi connectivity index (χ3n) is 2.77. The lowest BCUT2D eigenvalue weighted by molar-refractivity contribution is 0.100. The van der Waals surface area contributed by atoms with E-state index in [0.29, 0.717) is 5.82 Å². The number of carbonyl (C=O) groups excluding carboxylic acids is 1. The molecule has 0 aromatic carbocycles. The van der Waals surface area contributed by atoms with Crippen molar-refractivity contribution in [2.75, 3.05) is 11.1 Å². The quantitative estimate of drug-likeness (QED) is 0.766. The molecule has 6 heteroatoms. The van der Waals surface area contributed by atoms with Crippen LogP contribution < -0.4 is 16.8 Å². The molecule has 0 aliphatic carbocycles. The fourth-order valence-electron chi connectivity index (χ4n) is 1.72. The Balaban J connectivity index is 2.20. The number of nitrogen functional groups attached to an aromatic ring is 1. The Labute approximate surface area is 110 Å². The largest absolute Gasteiger partial charge is 0.397 e. The highest BCUT2D eigenvalue weighted by Crippen LogP contribution is 2.19. The number of hydrogen-bond donors (Lipinski definition) is 3. The van der Waals surface area contributed by atoms with E-state index in [-0.39, 0.29) is 17.3 Å². The molecule has 2 rings (SSSR count). The van der Waals surface area contributed by atoms with E-state index in [1.807, 2.05) is 19.1 Å². The van der Waals surface area contributed by atoms with Crippen LogP contribution in [0.5, 0.6) is 0 Å². The number of pyridine rings is 2. The molecule has 2 heterocycles. The summed E-state index contributed by atoms with van der Waals surface area (Å²) in [4.78, 5) is 19.3.